The van der Waals surface area contributed by atoms with Gasteiger partial charge < -0.3 is 10.6 Å². The van der Waals surface area contributed by atoms with E-state index in [2.05, 4.69) is 26.6 Å². The van der Waals surface area contributed by atoms with Crippen LogP contribution in [0.15, 0.2) is 108 Å². The van der Waals surface area contributed by atoms with Gasteiger partial charge in [0.15, 0.2) is 0 Å². The number of hydrogen-bond acceptors (Lipinski definition) is 2. The number of rotatable bonds is 6. The fourth-order valence-corrected chi connectivity index (χ4v) is 3.64. The molecule has 0 radical (unpaired) electrons. The van der Waals surface area contributed by atoms with Gasteiger partial charge in [-0.2, -0.15) is 0 Å². The van der Waals surface area contributed by atoms with E-state index in [9.17, 15) is 9.59 Å². The number of halogens is 1. The molecule has 2 N–H and O–H groups in total. The Labute approximate surface area is 195 Å². The fourth-order valence-electron chi connectivity index (χ4n) is 3.37. The maximum atomic E-state index is 13.0. The van der Waals surface area contributed by atoms with Crippen LogP contribution in [0.1, 0.15) is 26.3 Å². The highest BCUT2D eigenvalue weighted by atomic mass is 79.9. The number of carbonyl (C=O) groups is 2. The van der Waals surface area contributed by atoms with Gasteiger partial charge in [0, 0.05) is 27.8 Å². The van der Waals surface area contributed by atoms with Gasteiger partial charge in [0.25, 0.3) is 11.8 Å². The summed E-state index contributed by atoms with van der Waals surface area (Å²) in [6, 6.07) is 32.0. The lowest BCUT2D eigenvalue weighted by Gasteiger charge is -2.11. The normalized spacial score (nSPS) is 10.4. The van der Waals surface area contributed by atoms with Crippen molar-refractivity contribution in [3.8, 4) is 11.1 Å². The van der Waals surface area contributed by atoms with Crippen LogP contribution in [0.4, 0.5) is 5.69 Å². The summed E-state index contributed by atoms with van der Waals surface area (Å²) in [5.41, 5.74) is 4.45. The van der Waals surface area contributed by atoms with Crippen LogP contribution in [-0.4, -0.2) is 11.8 Å². The third-order valence-electron chi connectivity index (χ3n) is 5.01. The van der Waals surface area contributed by atoms with Crippen LogP contribution in [0, 0.1) is 0 Å². The highest BCUT2D eigenvalue weighted by Crippen LogP contribution is 2.24. The van der Waals surface area contributed by atoms with Gasteiger partial charge in [-0.3, -0.25) is 9.59 Å². The Morgan fingerprint density at radius 3 is 2.22 bits per heavy atom. The number of hydrogen-bond donors (Lipinski definition) is 2. The maximum absolute atomic E-state index is 13.0. The molecule has 32 heavy (non-hydrogen) atoms. The summed E-state index contributed by atoms with van der Waals surface area (Å²) in [6.45, 7) is 0.424. The lowest BCUT2D eigenvalue weighted by molar-refractivity contribution is 0.0949. The first-order valence-electron chi connectivity index (χ1n) is 10.2. The van der Waals surface area contributed by atoms with Crippen LogP contribution in [-0.2, 0) is 6.54 Å². The Bertz CT molecular complexity index is 1240. The molecule has 158 valence electrons. The van der Waals surface area contributed by atoms with Crippen molar-refractivity contribution in [2.45, 2.75) is 6.54 Å². The molecule has 0 atom stereocenters. The summed E-state index contributed by atoms with van der Waals surface area (Å²) in [6.07, 6.45) is 0. The van der Waals surface area contributed by atoms with Crippen molar-refractivity contribution >= 4 is 33.4 Å². The molecule has 0 saturated heterocycles. The molecule has 4 aromatic carbocycles. The first kappa shape index (κ1) is 21.5. The second-order valence-electron chi connectivity index (χ2n) is 7.26. The largest absolute Gasteiger partial charge is 0.348 e. The van der Waals surface area contributed by atoms with Crippen LogP contribution in [0.2, 0.25) is 0 Å². The molecular formula is C27H21BrN2O2. The third-order valence-corrected chi connectivity index (χ3v) is 5.53. The van der Waals surface area contributed by atoms with Crippen LogP contribution >= 0.6 is 15.9 Å². The summed E-state index contributed by atoms with van der Waals surface area (Å²) in [4.78, 5) is 25.6. The van der Waals surface area contributed by atoms with Gasteiger partial charge in [0.05, 0.1) is 0 Å². The second kappa shape index (κ2) is 10.1. The highest BCUT2D eigenvalue weighted by molar-refractivity contribution is 9.10. The van der Waals surface area contributed by atoms with E-state index in [0.29, 0.717) is 23.4 Å². The SMILES string of the molecule is O=C(NCc1ccc(Br)cc1)c1cccc(NC(=O)c2ccccc2-c2ccccc2)c1. The molecule has 4 aromatic rings. The number of anilines is 1. The van der Waals surface area contributed by atoms with Crippen molar-refractivity contribution in [2.24, 2.45) is 0 Å². The zero-order valence-corrected chi connectivity index (χ0v) is 18.8. The molecule has 0 unspecified atom stereocenters. The summed E-state index contributed by atoms with van der Waals surface area (Å²) in [5.74, 6) is -0.425. The lowest BCUT2D eigenvalue weighted by atomic mass is 9.99. The number of amides is 2. The van der Waals surface area contributed by atoms with Crippen LogP contribution in [0.3, 0.4) is 0 Å². The molecule has 0 fully saturated rings. The first-order valence-corrected chi connectivity index (χ1v) is 11.0. The van der Waals surface area contributed by atoms with E-state index in [4.69, 9.17) is 0 Å². The van der Waals surface area contributed by atoms with E-state index in [1.165, 1.54) is 0 Å². The zero-order chi connectivity index (χ0) is 22.3. The van der Waals surface area contributed by atoms with Crippen LogP contribution in [0.5, 0.6) is 0 Å². The van der Waals surface area contributed by atoms with E-state index in [-0.39, 0.29) is 11.8 Å². The molecule has 2 amide bonds. The topological polar surface area (TPSA) is 58.2 Å². The van der Waals surface area contributed by atoms with Crippen molar-refractivity contribution in [1.29, 1.82) is 0 Å². The van der Waals surface area contributed by atoms with E-state index in [1.54, 1.807) is 30.3 Å². The number of carbonyl (C=O) groups excluding carboxylic acids is 2. The Balaban J connectivity index is 1.47. The van der Waals surface area contributed by atoms with E-state index in [0.717, 1.165) is 21.2 Å². The monoisotopic (exact) mass is 484 g/mol. The summed E-state index contributed by atoms with van der Waals surface area (Å²) in [7, 11) is 0. The average Bonchev–Trinajstić information content (AvgIpc) is 2.84. The number of nitrogens with one attached hydrogen (secondary N) is 2. The highest BCUT2D eigenvalue weighted by Gasteiger charge is 2.13. The van der Waals surface area contributed by atoms with Gasteiger partial charge in [0.1, 0.15) is 0 Å². The average molecular weight is 485 g/mol. The minimum absolute atomic E-state index is 0.200. The molecule has 0 saturated carbocycles. The van der Waals surface area contributed by atoms with Crippen molar-refractivity contribution in [3.63, 3.8) is 0 Å². The zero-order valence-electron chi connectivity index (χ0n) is 17.2. The molecule has 0 bridgehead atoms. The minimum Gasteiger partial charge on any atom is -0.348 e. The van der Waals surface area contributed by atoms with Gasteiger partial charge in [-0.05, 0) is 53.1 Å². The first-order chi connectivity index (χ1) is 15.6. The van der Waals surface area contributed by atoms with Crippen molar-refractivity contribution in [2.75, 3.05) is 5.32 Å². The second-order valence-corrected chi connectivity index (χ2v) is 8.17. The number of benzene rings is 4. The Morgan fingerprint density at radius 1 is 0.719 bits per heavy atom. The van der Waals surface area contributed by atoms with Gasteiger partial charge >= 0.3 is 0 Å². The van der Waals surface area contributed by atoms with E-state index >= 15 is 0 Å². The molecular weight excluding hydrogens is 464 g/mol. The predicted molar refractivity (Wildman–Crippen MR) is 132 cm³/mol. The predicted octanol–water partition coefficient (Wildman–Crippen LogP) is 6.30. The van der Waals surface area contributed by atoms with Crippen LogP contribution < -0.4 is 10.6 Å². The molecule has 0 heterocycles. The van der Waals surface area contributed by atoms with Crippen molar-refractivity contribution in [3.05, 3.63) is 124 Å². The fraction of sp³-hybridized carbons (Fsp3) is 0.0370. The summed E-state index contributed by atoms with van der Waals surface area (Å²) in [5, 5.41) is 5.83. The molecule has 0 spiro atoms. The van der Waals surface area contributed by atoms with Gasteiger partial charge in [-0.25, -0.2) is 0 Å². The molecule has 0 aliphatic heterocycles. The van der Waals surface area contributed by atoms with Gasteiger partial charge in [0.2, 0.25) is 0 Å². The van der Waals surface area contributed by atoms with Gasteiger partial charge in [-0.1, -0.05) is 82.7 Å². The van der Waals surface area contributed by atoms with E-state index in [1.807, 2.05) is 72.8 Å². The Morgan fingerprint density at radius 2 is 1.44 bits per heavy atom. The minimum atomic E-state index is -0.225. The summed E-state index contributed by atoms with van der Waals surface area (Å²) < 4.78 is 0.991. The molecule has 0 aromatic heterocycles. The van der Waals surface area contributed by atoms with Gasteiger partial charge in [-0.15, -0.1) is 0 Å². The smallest absolute Gasteiger partial charge is 0.256 e. The molecule has 0 aliphatic carbocycles. The summed E-state index contributed by atoms with van der Waals surface area (Å²) >= 11 is 3.40. The standard InChI is InChI=1S/C27H21BrN2O2/c28-22-15-13-19(14-16-22)18-29-26(31)21-9-6-10-23(17-21)30-27(32)25-12-5-4-11-24(25)20-7-2-1-3-8-20/h1-17H,18H2,(H,29,31)(H,30,32). The van der Waals surface area contributed by atoms with Crippen molar-refractivity contribution in [1.82, 2.24) is 5.32 Å². The van der Waals surface area contributed by atoms with Crippen LogP contribution in [0.25, 0.3) is 11.1 Å². The molecule has 4 rings (SSSR count). The molecule has 5 heteroatoms. The van der Waals surface area contributed by atoms with Crippen molar-refractivity contribution < 1.29 is 9.59 Å². The maximum Gasteiger partial charge on any atom is 0.256 e. The Kier molecular flexibility index (Phi) is 6.78. The lowest BCUT2D eigenvalue weighted by Crippen LogP contribution is -2.23. The third kappa shape index (κ3) is 5.31. The molecule has 4 nitrogen and oxygen atoms in total. The quantitative estimate of drug-likeness (QED) is 0.337. The molecule has 0 aliphatic rings. The Hall–Kier alpha value is -3.70. The van der Waals surface area contributed by atoms with E-state index < -0.39 is 0 Å².